The Labute approximate surface area is 129 Å². The lowest BCUT2D eigenvalue weighted by Gasteiger charge is -2.19. The summed E-state index contributed by atoms with van der Waals surface area (Å²) in [6.07, 6.45) is 1.30. The molecule has 1 aromatic carbocycles. The topological polar surface area (TPSA) is 52.6 Å². The SMILES string of the molecule is CCOC(=O)/C(=C\c1ccc(F)cc1)CC(=O)OC(C)(C)C. The molecule has 5 heteroatoms. The smallest absolute Gasteiger partial charge is 0.334 e. The Hall–Kier alpha value is -2.17. The van der Waals surface area contributed by atoms with Crippen LogP contribution < -0.4 is 0 Å². The zero-order valence-corrected chi connectivity index (χ0v) is 13.3. The van der Waals surface area contributed by atoms with Gasteiger partial charge in [0.1, 0.15) is 11.4 Å². The van der Waals surface area contributed by atoms with Crippen LogP contribution in [0.4, 0.5) is 4.39 Å². The molecule has 0 N–H and O–H groups in total. The van der Waals surface area contributed by atoms with Gasteiger partial charge in [0.15, 0.2) is 0 Å². The Kier molecular flexibility index (Phi) is 6.28. The lowest BCUT2D eigenvalue weighted by molar-refractivity contribution is -0.155. The van der Waals surface area contributed by atoms with E-state index in [1.807, 2.05) is 0 Å². The molecule has 0 heterocycles. The first kappa shape index (κ1) is 17.9. The van der Waals surface area contributed by atoms with Gasteiger partial charge in [-0.15, -0.1) is 0 Å². The molecule has 120 valence electrons. The van der Waals surface area contributed by atoms with Gasteiger partial charge in [-0.2, -0.15) is 0 Å². The molecule has 1 aromatic rings. The summed E-state index contributed by atoms with van der Waals surface area (Å²) in [5, 5.41) is 0. The van der Waals surface area contributed by atoms with E-state index >= 15 is 0 Å². The highest BCUT2D eigenvalue weighted by Gasteiger charge is 2.21. The molecule has 0 aliphatic carbocycles. The van der Waals surface area contributed by atoms with Crippen molar-refractivity contribution in [2.45, 2.75) is 39.7 Å². The van der Waals surface area contributed by atoms with E-state index in [0.29, 0.717) is 5.56 Å². The summed E-state index contributed by atoms with van der Waals surface area (Å²) in [5.74, 6) is -1.48. The van der Waals surface area contributed by atoms with Crippen LogP contribution in [0.5, 0.6) is 0 Å². The second kappa shape index (κ2) is 7.73. The Bertz CT molecular complexity index is 553. The number of ether oxygens (including phenoxy) is 2. The van der Waals surface area contributed by atoms with E-state index in [2.05, 4.69) is 0 Å². The Morgan fingerprint density at radius 1 is 1.18 bits per heavy atom. The minimum absolute atomic E-state index is 0.169. The van der Waals surface area contributed by atoms with Crippen LogP contribution in [0.15, 0.2) is 29.8 Å². The maximum absolute atomic E-state index is 12.9. The fraction of sp³-hybridized carbons (Fsp3) is 0.412. The van der Waals surface area contributed by atoms with Gasteiger partial charge in [0.2, 0.25) is 0 Å². The number of hydrogen-bond donors (Lipinski definition) is 0. The molecule has 0 fully saturated rings. The van der Waals surface area contributed by atoms with Crippen LogP contribution in [0.1, 0.15) is 39.7 Å². The summed E-state index contributed by atoms with van der Waals surface area (Å²) in [6, 6.07) is 5.59. The van der Waals surface area contributed by atoms with Crippen molar-refractivity contribution in [2.75, 3.05) is 6.61 Å². The van der Waals surface area contributed by atoms with Crippen molar-refractivity contribution < 1.29 is 23.5 Å². The maximum Gasteiger partial charge on any atom is 0.334 e. The van der Waals surface area contributed by atoms with Crippen LogP contribution >= 0.6 is 0 Å². The molecule has 0 radical (unpaired) electrons. The molecule has 0 aliphatic rings. The monoisotopic (exact) mass is 308 g/mol. The summed E-state index contributed by atoms with van der Waals surface area (Å²) in [4.78, 5) is 23.8. The highest BCUT2D eigenvalue weighted by Crippen LogP contribution is 2.16. The molecule has 0 saturated carbocycles. The molecule has 0 spiro atoms. The van der Waals surface area contributed by atoms with Crippen LogP contribution in [0.2, 0.25) is 0 Å². The summed E-state index contributed by atoms with van der Waals surface area (Å²) >= 11 is 0. The van der Waals surface area contributed by atoms with E-state index in [1.54, 1.807) is 27.7 Å². The minimum atomic E-state index is -0.632. The molecule has 0 saturated heterocycles. The zero-order valence-electron chi connectivity index (χ0n) is 13.3. The summed E-state index contributed by atoms with van der Waals surface area (Å²) < 4.78 is 23.1. The Morgan fingerprint density at radius 2 is 1.77 bits per heavy atom. The lowest BCUT2D eigenvalue weighted by Crippen LogP contribution is -2.25. The first-order valence-electron chi connectivity index (χ1n) is 7.06. The molecule has 0 aliphatic heterocycles. The number of benzene rings is 1. The summed E-state index contributed by atoms with van der Waals surface area (Å²) in [7, 11) is 0. The van der Waals surface area contributed by atoms with Gasteiger partial charge in [-0.3, -0.25) is 4.79 Å². The third-order valence-electron chi connectivity index (χ3n) is 2.50. The predicted octanol–water partition coefficient (Wildman–Crippen LogP) is 3.50. The van der Waals surface area contributed by atoms with Crippen molar-refractivity contribution in [1.82, 2.24) is 0 Å². The van der Waals surface area contributed by atoms with Gasteiger partial charge < -0.3 is 9.47 Å². The van der Waals surface area contributed by atoms with Gasteiger partial charge >= 0.3 is 11.9 Å². The number of halogens is 1. The number of carbonyl (C=O) groups is 2. The third kappa shape index (κ3) is 6.52. The van der Waals surface area contributed by atoms with Crippen molar-refractivity contribution in [3.63, 3.8) is 0 Å². The maximum atomic E-state index is 12.9. The fourth-order valence-corrected chi connectivity index (χ4v) is 1.70. The second-order valence-electron chi connectivity index (χ2n) is 5.70. The van der Waals surface area contributed by atoms with Gasteiger partial charge in [-0.1, -0.05) is 12.1 Å². The van der Waals surface area contributed by atoms with Crippen LogP contribution in [-0.4, -0.2) is 24.1 Å². The number of carbonyl (C=O) groups excluding carboxylic acids is 2. The number of hydrogen-bond acceptors (Lipinski definition) is 4. The van der Waals surface area contributed by atoms with Gasteiger partial charge in [0.25, 0.3) is 0 Å². The molecule has 0 aromatic heterocycles. The van der Waals surface area contributed by atoms with Gasteiger partial charge in [0, 0.05) is 5.57 Å². The average molecular weight is 308 g/mol. The second-order valence-corrected chi connectivity index (χ2v) is 5.70. The van der Waals surface area contributed by atoms with Crippen molar-refractivity contribution in [3.05, 3.63) is 41.2 Å². The standard InChI is InChI=1S/C17H21FO4/c1-5-21-16(20)13(11-15(19)22-17(2,3)4)10-12-6-8-14(18)9-7-12/h6-10H,5,11H2,1-4H3/b13-10-. The van der Waals surface area contributed by atoms with E-state index in [4.69, 9.17) is 9.47 Å². The van der Waals surface area contributed by atoms with E-state index < -0.39 is 17.5 Å². The molecule has 22 heavy (non-hydrogen) atoms. The van der Waals surface area contributed by atoms with Gasteiger partial charge in [-0.05, 0) is 51.5 Å². The van der Waals surface area contributed by atoms with Crippen LogP contribution in [0.3, 0.4) is 0 Å². The van der Waals surface area contributed by atoms with Crippen molar-refractivity contribution in [1.29, 1.82) is 0 Å². The molecular weight excluding hydrogens is 287 g/mol. The van der Waals surface area contributed by atoms with Crippen LogP contribution in [0.25, 0.3) is 6.08 Å². The van der Waals surface area contributed by atoms with Crippen LogP contribution in [-0.2, 0) is 19.1 Å². The first-order valence-corrected chi connectivity index (χ1v) is 7.06. The molecular formula is C17H21FO4. The van der Waals surface area contributed by atoms with E-state index in [0.717, 1.165) is 0 Å². The highest BCUT2D eigenvalue weighted by atomic mass is 19.1. The highest BCUT2D eigenvalue weighted by molar-refractivity contribution is 5.98. The van der Waals surface area contributed by atoms with Crippen molar-refractivity contribution >= 4 is 18.0 Å². The van der Waals surface area contributed by atoms with E-state index in [1.165, 1.54) is 30.3 Å². The van der Waals surface area contributed by atoms with E-state index in [-0.39, 0.29) is 24.4 Å². The number of esters is 2. The normalized spacial score (nSPS) is 12.0. The molecule has 0 bridgehead atoms. The molecule has 4 nitrogen and oxygen atoms in total. The number of rotatable bonds is 5. The quantitative estimate of drug-likeness (QED) is 0.617. The molecule has 0 unspecified atom stereocenters. The fourth-order valence-electron chi connectivity index (χ4n) is 1.70. The zero-order chi connectivity index (χ0) is 16.8. The van der Waals surface area contributed by atoms with Crippen molar-refractivity contribution in [3.8, 4) is 0 Å². The summed E-state index contributed by atoms with van der Waals surface area (Å²) in [5.41, 5.74) is 0.142. The van der Waals surface area contributed by atoms with Crippen LogP contribution in [0, 0.1) is 5.82 Å². The summed E-state index contributed by atoms with van der Waals surface area (Å²) in [6.45, 7) is 7.13. The van der Waals surface area contributed by atoms with Crippen molar-refractivity contribution in [2.24, 2.45) is 0 Å². The van der Waals surface area contributed by atoms with Gasteiger partial charge in [0.05, 0.1) is 13.0 Å². The minimum Gasteiger partial charge on any atom is -0.463 e. The Balaban J connectivity index is 2.95. The molecule has 1 rings (SSSR count). The molecule has 0 atom stereocenters. The third-order valence-corrected chi connectivity index (χ3v) is 2.50. The molecule has 0 amide bonds. The lowest BCUT2D eigenvalue weighted by atomic mass is 10.1. The predicted molar refractivity (Wildman–Crippen MR) is 81.5 cm³/mol. The largest absolute Gasteiger partial charge is 0.463 e. The first-order chi connectivity index (χ1) is 10.2. The van der Waals surface area contributed by atoms with E-state index in [9.17, 15) is 14.0 Å². The van der Waals surface area contributed by atoms with Gasteiger partial charge in [-0.25, -0.2) is 9.18 Å². The average Bonchev–Trinajstić information content (AvgIpc) is 2.38. The Morgan fingerprint density at radius 3 is 2.27 bits per heavy atom.